The summed E-state index contributed by atoms with van der Waals surface area (Å²) in [5, 5.41) is 0. The standard InChI is InChI=1S/C23H28N6O4/c1-15-16(2)29(14-26-15)21-12-20(24-13-25-21)27-6-8-28(9-7-27)23(30)17-10-18(31-3)22(33-5)19(11-17)32-4/h10-14H,6-9H2,1-5H3. The van der Waals surface area contributed by atoms with Crippen LogP contribution in [-0.4, -0.2) is 77.8 Å². The number of hydrogen-bond acceptors (Lipinski definition) is 8. The van der Waals surface area contributed by atoms with Gasteiger partial charge in [0.2, 0.25) is 5.75 Å². The quantitative estimate of drug-likeness (QED) is 0.562. The van der Waals surface area contributed by atoms with E-state index in [4.69, 9.17) is 14.2 Å². The topological polar surface area (TPSA) is 94.8 Å². The molecule has 1 aromatic carbocycles. The van der Waals surface area contributed by atoms with Gasteiger partial charge in [-0.2, -0.15) is 0 Å². The van der Waals surface area contributed by atoms with Gasteiger partial charge in [0, 0.05) is 43.5 Å². The third kappa shape index (κ3) is 4.28. The number of imidazole rings is 1. The van der Waals surface area contributed by atoms with E-state index in [1.165, 1.54) is 21.3 Å². The zero-order valence-corrected chi connectivity index (χ0v) is 19.5. The summed E-state index contributed by atoms with van der Waals surface area (Å²) in [4.78, 5) is 30.3. The van der Waals surface area contributed by atoms with Crippen molar-refractivity contribution in [1.29, 1.82) is 0 Å². The van der Waals surface area contributed by atoms with Crippen molar-refractivity contribution in [3.63, 3.8) is 0 Å². The van der Waals surface area contributed by atoms with Gasteiger partial charge < -0.3 is 24.0 Å². The maximum atomic E-state index is 13.2. The zero-order valence-electron chi connectivity index (χ0n) is 19.5. The second-order valence-corrected chi connectivity index (χ2v) is 7.71. The summed E-state index contributed by atoms with van der Waals surface area (Å²) in [6.07, 6.45) is 3.33. The Bertz CT molecular complexity index is 1130. The van der Waals surface area contributed by atoms with Crippen LogP contribution in [0.1, 0.15) is 21.7 Å². The summed E-state index contributed by atoms with van der Waals surface area (Å²) in [5.74, 6) is 2.89. The largest absolute Gasteiger partial charge is 0.493 e. The van der Waals surface area contributed by atoms with Crippen LogP contribution in [0, 0.1) is 13.8 Å². The number of piperazine rings is 1. The number of carbonyl (C=O) groups is 1. The Balaban J connectivity index is 1.48. The van der Waals surface area contributed by atoms with E-state index in [9.17, 15) is 4.79 Å². The molecule has 2 aromatic heterocycles. The number of rotatable bonds is 6. The molecular formula is C23H28N6O4. The lowest BCUT2D eigenvalue weighted by molar-refractivity contribution is 0.0745. The molecule has 4 rings (SSSR count). The van der Waals surface area contributed by atoms with Crippen LogP contribution in [0.25, 0.3) is 5.82 Å². The first-order chi connectivity index (χ1) is 16.0. The lowest BCUT2D eigenvalue weighted by Crippen LogP contribution is -2.49. The summed E-state index contributed by atoms with van der Waals surface area (Å²) in [6.45, 7) is 6.44. The Morgan fingerprint density at radius 1 is 0.848 bits per heavy atom. The summed E-state index contributed by atoms with van der Waals surface area (Å²) in [6, 6.07) is 5.31. The highest BCUT2D eigenvalue weighted by atomic mass is 16.5. The number of nitrogens with zero attached hydrogens (tertiary/aromatic N) is 6. The first-order valence-corrected chi connectivity index (χ1v) is 10.6. The molecule has 0 aliphatic carbocycles. The first kappa shape index (κ1) is 22.4. The van der Waals surface area contributed by atoms with Crippen LogP contribution in [0.4, 0.5) is 5.82 Å². The summed E-state index contributed by atoms with van der Waals surface area (Å²) in [7, 11) is 4.61. The predicted octanol–water partition coefficient (Wildman–Crippen LogP) is 2.27. The van der Waals surface area contributed by atoms with Crippen molar-refractivity contribution >= 4 is 11.7 Å². The summed E-state index contributed by atoms with van der Waals surface area (Å²) in [5.41, 5.74) is 2.50. The number of ether oxygens (including phenoxy) is 3. The molecule has 1 amide bonds. The number of anilines is 1. The molecule has 0 saturated carbocycles. The van der Waals surface area contributed by atoms with E-state index < -0.39 is 0 Å². The minimum Gasteiger partial charge on any atom is -0.493 e. The van der Waals surface area contributed by atoms with Crippen molar-refractivity contribution in [2.75, 3.05) is 52.4 Å². The molecule has 0 radical (unpaired) electrons. The number of amides is 1. The Labute approximate surface area is 192 Å². The average molecular weight is 453 g/mol. The van der Waals surface area contributed by atoms with Crippen molar-refractivity contribution in [2.24, 2.45) is 0 Å². The lowest BCUT2D eigenvalue weighted by Gasteiger charge is -2.35. The molecule has 3 heterocycles. The van der Waals surface area contributed by atoms with Gasteiger partial charge in [0.25, 0.3) is 5.91 Å². The predicted molar refractivity (Wildman–Crippen MR) is 123 cm³/mol. The van der Waals surface area contributed by atoms with E-state index in [2.05, 4.69) is 19.9 Å². The molecule has 1 aliphatic heterocycles. The highest BCUT2D eigenvalue weighted by Gasteiger charge is 2.25. The number of aromatic nitrogens is 4. The molecule has 1 fully saturated rings. The van der Waals surface area contributed by atoms with Gasteiger partial charge in [0.1, 0.15) is 24.3 Å². The van der Waals surface area contributed by atoms with Crippen LogP contribution in [0.3, 0.4) is 0 Å². The molecule has 3 aromatic rings. The fourth-order valence-corrected chi connectivity index (χ4v) is 3.90. The van der Waals surface area contributed by atoms with Crippen LogP contribution >= 0.6 is 0 Å². The molecule has 0 N–H and O–H groups in total. The number of aryl methyl sites for hydroxylation is 1. The SMILES string of the molecule is COc1cc(C(=O)N2CCN(c3cc(-n4cnc(C)c4C)ncn3)CC2)cc(OC)c1OC. The van der Waals surface area contributed by atoms with Crippen LogP contribution in [0.2, 0.25) is 0 Å². The third-order valence-electron chi connectivity index (χ3n) is 5.94. The van der Waals surface area contributed by atoms with E-state index >= 15 is 0 Å². The Hall–Kier alpha value is -3.82. The molecular weight excluding hydrogens is 424 g/mol. The van der Waals surface area contributed by atoms with Crippen molar-refractivity contribution in [1.82, 2.24) is 24.4 Å². The Kier molecular flexibility index (Phi) is 6.34. The highest BCUT2D eigenvalue weighted by Crippen LogP contribution is 2.38. The maximum Gasteiger partial charge on any atom is 0.254 e. The normalized spacial score (nSPS) is 13.7. The molecule has 10 heteroatoms. The molecule has 1 aliphatic rings. The smallest absolute Gasteiger partial charge is 0.254 e. The van der Waals surface area contributed by atoms with E-state index in [0.29, 0.717) is 49.0 Å². The monoisotopic (exact) mass is 452 g/mol. The zero-order chi connectivity index (χ0) is 23.5. The number of carbonyl (C=O) groups excluding carboxylic acids is 1. The van der Waals surface area contributed by atoms with Crippen LogP contribution < -0.4 is 19.1 Å². The van der Waals surface area contributed by atoms with Gasteiger partial charge in [-0.15, -0.1) is 0 Å². The Morgan fingerprint density at radius 3 is 2.03 bits per heavy atom. The first-order valence-electron chi connectivity index (χ1n) is 10.6. The Morgan fingerprint density at radius 2 is 1.48 bits per heavy atom. The lowest BCUT2D eigenvalue weighted by atomic mass is 10.1. The van der Waals surface area contributed by atoms with Gasteiger partial charge in [0.05, 0.1) is 27.0 Å². The van der Waals surface area contributed by atoms with Crippen LogP contribution in [0.5, 0.6) is 17.2 Å². The van der Waals surface area contributed by atoms with Crippen molar-refractivity contribution in [3.05, 3.63) is 47.8 Å². The minimum absolute atomic E-state index is 0.0817. The van der Waals surface area contributed by atoms with Crippen molar-refractivity contribution in [2.45, 2.75) is 13.8 Å². The van der Waals surface area contributed by atoms with Crippen molar-refractivity contribution < 1.29 is 19.0 Å². The van der Waals surface area contributed by atoms with Gasteiger partial charge in [-0.1, -0.05) is 0 Å². The van der Waals surface area contributed by atoms with E-state index in [0.717, 1.165) is 23.0 Å². The molecule has 1 saturated heterocycles. The molecule has 0 bridgehead atoms. The van der Waals surface area contributed by atoms with Gasteiger partial charge in [-0.3, -0.25) is 9.36 Å². The molecule has 0 spiro atoms. The fourth-order valence-electron chi connectivity index (χ4n) is 3.90. The third-order valence-corrected chi connectivity index (χ3v) is 5.94. The number of benzene rings is 1. The van der Waals surface area contributed by atoms with Gasteiger partial charge >= 0.3 is 0 Å². The molecule has 174 valence electrons. The summed E-state index contributed by atoms with van der Waals surface area (Å²) < 4.78 is 18.1. The maximum absolute atomic E-state index is 13.2. The van der Waals surface area contributed by atoms with Crippen LogP contribution in [0.15, 0.2) is 30.9 Å². The molecule has 0 unspecified atom stereocenters. The second kappa shape index (κ2) is 9.35. The average Bonchev–Trinajstić information content (AvgIpc) is 3.20. The molecule has 33 heavy (non-hydrogen) atoms. The second-order valence-electron chi connectivity index (χ2n) is 7.71. The van der Waals surface area contributed by atoms with Gasteiger partial charge in [-0.25, -0.2) is 15.0 Å². The van der Waals surface area contributed by atoms with Crippen molar-refractivity contribution in [3.8, 4) is 23.1 Å². The van der Waals surface area contributed by atoms with E-state index in [-0.39, 0.29) is 5.91 Å². The molecule has 0 atom stereocenters. The molecule has 10 nitrogen and oxygen atoms in total. The fraction of sp³-hybridized carbons (Fsp3) is 0.391. The number of hydrogen-bond donors (Lipinski definition) is 0. The van der Waals surface area contributed by atoms with Gasteiger partial charge in [-0.05, 0) is 26.0 Å². The van der Waals surface area contributed by atoms with E-state index in [1.807, 2.05) is 29.4 Å². The highest BCUT2D eigenvalue weighted by molar-refractivity contribution is 5.95. The summed E-state index contributed by atoms with van der Waals surface area (Å²) >= 11 is 0. The number of methoxy groups -OCH3 is 3. The minimum atomic E-state index is -0.0817. The van der Waals surface area contributed by atoms with Gasteiger partial charge in [0.15, 0.2) is 11.5 Å². The van der Waals surface area contributed by atoms with E-state index in [1.54, 1.807) is 24.8 Å². The van der Waals surface area contributed by atoms with Crippen LogP contribution in [-0.2, 0) is 0 Å².